The summed E-state index contributed by atoms with van der Waals surface area (Å²) in [5.74, 6) is 1.47. The minimum Gasteiger partial charge on any atom is -0.329 e. The summed E-state index contributed by atoms with van der Waals surface area (Å²) in [6.07, 6.45) is 3.93. The van der Waals surface area contributed by atoms with Crippen molar-refractivity contribution in [3.05, 3.63) is 28.5 Å². The summed E-state index contributed by atoms with van der Waals surface area (Å²) in [6, 6.07) is 8.02. The SMILES string of the molecule is CC1CCCC1Cn1c(=S)[nH]c2c(C#N)cccc21. The molecule has 1 heterocycles. The van der Waals surface area contributed by atoms with Crippen LogP contribution in [-0.2, 0) is 6.54 Å². The Balaban J connectivity index is 2.07. The highest BCUT2D eigenvalue weighted by atomic mass is 32.1. The fourth-order valence-corrected chi connectivity index (χ4v) is 3.46. The van der Waals surface area contributed by atoms with E-state index in [2.05, 4.69) is 22.5 Å². The molecule has 1 aromatic carbocycles. The standard InChI is InChI=1S/C15H17N3S/c1-10-4-2-6-12(10)9-18-13-7-3-5-11(8-16)14(13)17-15(18)19/h3,5,7,10,12H,2,4,6,9H2,1H3,(H,17,19). The van der Waals surface area contributed by atoms with Gasteiger partial charge >= 0.3 is 0 Å². The number of nitrogens with one attached hydrogen (secondary N) is 1. The van der Waals surface area contributed by atoms with E-state index in [-0.39, 0.29) is 0 Å². The molecule has 3 nitrogen and oxygen atoms in total. The van der Waals surface area contributed by atoms with Crippen LogP contribution in [0.15, 0.2) is 18.2 Å². The van der Waals surface area contributed by atoms with Gasteiger partial charge in [-0.15, -0.1) is 0 Å². The van der Waals surface area contributed by atoms with E-state index in [0.29, 0.717) is 11.5 Å². The molecular weight excluding hydrogens is 254 g/mol. The monoisotopic (exact) mass is 271 g/mol. The molecule has 1 aromatic heterocycles. The summed E-state index contributed by atoms with van der Waals surface area (Å²) in [6.45, 7) is 3.30. The molecule has 0 aliphatic heterocycles. The Morgan fingerprint density at radius 3 is 3.00 bits per heavy atom. The lowest BCUT2D eigenvalue weighted by atomic mass is 9.98. The van der Waals surface area contributed by atoms with Crippen LogP contribution in [-0.4, -0.2) is 9.55 Å². The normalized spacial score (nSPS) is 22.7. The van der Waals surface area contributed by atoms with Crippen molar-refractivity contribution in [1.82, 2.24) is 9.55 Å². The molecule has 1 N–H and O–H groups in total. The zero-order valence-corrected chi connectivity index (χ0v) is 11.8. The Kier molecular flexibility index (Phi) is 3.16. The van der Waals surface area contributed by atoms with Crippen molar-refractivity contribution in [2.24, 2.45) is 11.8 Å². The van der Waals surface area contributed by atoms with E-state index in [1.54, 1.807) is 0 Å². The maximum Gasteiger partial charge on any atom is 0.178 e. The Morgan fingerprint density at radius 1 is 1.47 bits per heavy atom. The van der Waals surface area contributed by atoms with Gasteiger partial charge in [-0.2, -0.15) is 5.26 Å². The molecule has 1 aliphatic carbocycles. The molecule has 0 radical (unpaired) electrons. The minimum atomic E-state index is 0.668. The Hall–Kier alpha value is -1.60. The lowest BCUT2D eigenvalue weighted by Gasteiger charge is -2.16. The molecule has 2 unspecified atom stereocenters. The van der Waals surface area contributed by atoms with Gasteiger partial charge < -0.3 is 9.55 Å². The molecule has 4 heteroatoms. The number of fused-ring (bicyclic) bond motifs is 1. The number of benzene rings is 1. The van der Waals surface area contributed by atoms with Gasteiger partial charge in [0, 0.05) is 6.54 Å². The summed E-state index contributed by atoms with van der Waals surface area (Å²) in [4.78, 5) is 3.19. The second-order valence-electron chi connectivity index (χ2n) is 5.52. The number of para-hydroxylation sites is 1. The van der Waals surface area contributed by atoms with Crippen molar-refractivity contribution in [3.63, 3.8) is 0 Å². The molecule has 0 bridgehead atoms. The lowest BCUT2D eigenvalue weighted by molar-refractivity contribution is 0.366. The fraction of sp³-hybridized carbons (Fsp3) is 0.467. The van der Waals surface area contributed by atoms with Crippen LogP contribution >= 0.6 is 12.2 Å². The van der Waals surface area contributed by atoms with Crippen molar-refractivity contribution >= 4 is 23.3 Å². The summed E-state index contributed by atoms with van der Waals surface area (Å²) >= 11 is 5.43. The van der Waals surface area contributed by atoms with Crippen molar-refractivity contribution in [2.75, 3.05) is 0 Å². The third-order valence-electron chi connectivity index (χ3n) is 4.39. The van der Waals surface area contributed by atoms with E-state index in [4.69, 9.17) is 17.5 Å². The van der Waals surface area contributed by atoms with Gasteiger partial charge in [0.2, 0.25) is 0 Å². The Labute approximate surface area is 117 Å². The highest BCUT2D eigenvalue weighted by Gasteiger charge is 2.24. The van der Waals surface area contributed by atoms with E-state index in [1.165, 1.54) is 19.3 Å². The van der Waals surface area contributed by atoms with Gasteiger partial charge in [-0.1, -0.05) is 25.8 Å². The van der Waals surface area contributed by atoms with Crippen LogP contribution in [0.1, 0.15) is 31.7 Å². The molecule has 1 fully saturated rings. The van der Waals surface area contributed by atoms with E-state index in [9.17, 15) is 0 Å². The third kappa shape index (κ3) is 2.08. The van der Waals surface area contributed by atoms with Gasteiger partial charge in [0.1, 0.15) is 6.07 Å². The van der Waals surface area contributed by atoms with Crippen molar-refractivity contribution < 1.29 is 0 Å². The first-order chi connectivity index (χ1) is 9.20. The van der Waals surface area contributed by atoms with Crippen LogP contribution < -0.4 is 0 Å². The van der Waals surface area contributed by atoms with Crippen LogP contribution in [0.2, 0.25) is 0 Å². The number of hydrogen-bond donors (Lipinski definition) is 1. The number of aromatic amines is 1. The quantitative estimate of drug-likeness (QED) is 0.839. The van der Waals surface area contributed by atoms with Crippen LogP contribution in [0, 0.1) is 27.9 Å². The van der Waals surface area contributed by atoms with Gasteiger partial charge in [0.15, 0.2) is 4.77 Å². The van der Waals surface area contributed by atoms with Crippen LogP contribution in [0.25, 0.3) is 11.0 Å². The largest absolute Gasteiger partial charge is 0.329 e. The van der Waals surface area contributed by atoms with E-state index in [1.807, 2.05) is 18.2 Å². The minimum absolute atomic E-state index is 0.668. The van der Waals surface area contributed by atoms with E-state index < -0.39 is 0 Å². The smallest absolute Gasteiger partial charge is 0.178 e. The number of aromatic nitrogens is 2. The third-order valence-corrected chi connectivity index (χ3v) is 4.71. The van der Waals surface area contributed by atoms with Crippen molar-refractivity contribution in [1.29, 1.82) is 5.26 Å². The zero-order valence-electron chi connectivity index (χ0n) is 11.0. The lowest BCUT2D eigenvalue weighted by Crippen LogP contribution is -2.13. The summed E-state index contributed by atoms with van der Waals surface area (Å²) in [5, 5.41) is 9.15. The van der Waals surface area contributed by atoms with Crippen LogP contribution in [0.3, 0.4) is 0 Å². The van der Waals surface area contributed by atoms with E-state index >= 15 is 0 Å². The number of H-pyrrole nitrogens is 1. The number of imidazole rings is 1. The maximum absolute atomic E-state index is 9.15. The molecule has 1 aliphatic rings. The highest BCUT2D eigenvalue weighted by molar-refractivity contribution is 7.71. The number of nitriles is 1. The molecule has 2 atom stereocenters. The molecule has 98 valence electrons. The summed E-state index contributed by atoms with van der Waals surface area (Å²) in [5.41, 5.74) is 2.60. The zero-order chi connectivity index (χ0) is 13.4. The highest BCUT2D eigenvalue weighted by Crippen LogP contribution is 2.33. The van der Waals surface area contributed by atoms with Crippen LogP contribution in [0.5, 0.6) is 0 Å². The Bertz CT molecular complexity index is 704. The predicted molar refractivity (Wildman–Crippen MR) is 78.3 cm³/mol. The summed E-state index contributed by atoms with van der Waals surface area (Å²) < 4.78 is 2.90. The molecule has 0 saturated heterocycles. The van der Waals surface area contributed by atoms with Crippen molar-refractivity contribution in [3.8, 4) is 6.07 Å². The second kappa shape index (κ2) is 4.82. The van der Waals surface area contributed by atoms with Gasteiger partial charge in [-0.3, -0.25) is 0 Å². The van der Waals surface area contributed by atoms with Crippen LogP contribution in [0.4, 0.5) is 0 Å². The number of hydrogen-bond acceptors (Lipinski definition) is 2. The van der Waals surface area contributed by atoms with Gasteiger partial charge in [-0.25, -0.2) is 0 Å². The van der Waals surface area contributed by atoms with Crippen molar-refractivity contribution in [2.45, 2.75) is 32.7 Å². The Morgan fingerprint density at radius 2 is 2.32 bits per heavy atom. The maximum atomic E-state index is 9.15. The topological polar surface area (TPSA) is 44.5 Å². The molecule has 1 saturated carbocycles. The average molecular weight is 271 g/mol. The van der Waals surface area contributed by atoms with E-state index in [0.717, 1.165) is 28.3 Å². The molecule has 0 spiro atoms. The molecule has 0 amide bonds. The fourth-order valence-electron chi connectivity index (χ4n) is 3.18. The second-order valence-corrected chi connectivity index (χ2v) is 5.91. The molecule has 19 heavy (non-hydrogen) atoms. The number of nitrogens with zero attached hydrogens (tertiary/aromatic N) is 2. The first-order valence-electron chi connectivity index (χ1n) is 6.82. The number of rotatable bonds is 2. The molecule has 2 aromatic rings. The first kappa shape index (κ1) is 12.4. The molecular formula is C15H17N3S. The summed E-state index contributed by atoms with van der Waals surface area (Å²) in [7, 11) is 0. The molecule has 3 rings (SSSR count). The first-order valence-corrected chi connectivity index (χ1v) is 7.23. The van der Waals surface area contributed by atoms with Gasteiger partial charge in [0.25, 0.3) is 0 Å². The average Bonchev–Trinajstić information content (AvgIpc) is 2.95. The van der Waals surface area contributed by atoms with Gasteiger partial charge in [0.05, 0.1) is 16.6 Å². The van der Waals surface area contributed by atoms with Gasteiger partial charge in [-0.05, 0) is 42.6 Å². The predicted octanol–water partition coefficient (Wildman–Crippen LogP) is 4.01.